The van der Waals surface area contributed by atoms with Crippen LogP contribution in [0.5, 0.6) is 0 Å². The van der Waals surface area contributed by atoms with Crippen LogP contribution in [-0.2, 0) is 0 Å². The van der Waals surface area contributed by atoms with Gasteiger partial charge in [-0.15, -0.1) is 11.8 Å². The summed E-state index contributed by atoms with van der Waals surface area (Å²) in [5.74, 6) is 0.725. The Morgan fingerprint density at radius 1 is 1.26 bits per heavy atom. The highest BCUT2D eigenvalue weighted by Gasteiger charge is 2.45. The van der Waals surface area contributed by atoms with Gasteiger partial charge in [-0.25, -0.2) is 4.39 Å². The molecule has 0 bridgehead atoms. The molecule has 2 saturated heterocycles. The van der Waals surface area contributed by atoms with Crippen molar-refractivity contribution in [3.05, 3.63) is 35.6 Å². The van der Waals surface area contributed by atoms with Crippen LogP contribution in [0.1, 0.15) is 23.2 Å². The highest BCUT2D eigenvalue weighted by atomic mass is 32.2. The lowest BCUT2D eigenvalue weighted by atomic mass is 10.0. The summed E-state index contributed by atoms with van der Waals surface area (Å²) >= 11 is 1.89. The van der Waals surface area contributed by atoms with E-state index in [-0.39, 0.29) is 16.6 Å². The molecule has 2 aliphatic rings. The number of carbonyl (C=O) groups excluding carboxylic acids is 1. The van der Waals surface area contributed by atoms with Crippen molar-refractivity contribution in [3.63, 3.8) is 0 Å². The molecule has 0 aromatic heterocycles. The molecule has 0 atom stereocenters. The van der Waals surface area contributed by atoms with Crippen molar-refractivity contribution in [2.75, 3.05) is 25.4 Å². The van der Waals surface area contributed by atoms with E-state index in [2.05, 4.69) is 5.32 Å². The van der Waals surface area contributed by atoms with Gasteiger partial charge in [-0.3, -0.25) is 4.79 Å². The van der Waals surface area contributed by atoms with Crippen molar-refractivity contribution < 1.29 is 9.18 Å². The van der Waals surface area contributed by atoms with E-state index in [0.717, 1.165) is 38.2 Å². The SMILES string of the molecule is O=C(c1ccc(F)cc1)N1CCSC12CCNCC2. The molecule has 0 aliphatic carbocycles. The predicted octanol–water partition coefficient (Wildman–Crippen LogP) is 2.09. The summed E-state index contributed by atoms with van der Waals surface area (Å²) in [6.07, 6.45) is 1.98. The average Bonchev–Trinajstić information content (AvgIpc) is 2.83. The van der Waals surface area contributed by atoms with Gasteiger partial charge >= 0.3 is 0 Å². The second kappa shape index (κ2) is 5.13. The summed E-state index contributed by atoms with van der Waals surface area (Å²) in [6, 6.07) is 5.86. The largest absolute Gasteiger partial charge is 0.323 e. The Morgan fingerprint density at radius 3 is 2.63 bits per heavy atom. The molecule has 1 N–H and O–H groups in total. The Kier molecular flexibility index (Phi) is 3.50. The lowest BCUT2D eigenvalue weighted by molar-refractivity contribution is 0.0635. The molecule has 0 saturated carbocycles. The van der Waals surface area contributed by atoms with Gasteiger partial charge in [0.15, 0.2) is 0 Å². The molecule has 5 heteroatoms. The zero-order valence-corrected chi connectivity index (χ0v) is 11.5. The second-order valence-electron chi connectivity index (χ2n) is 5.01. The van der Waals surface area contributed by atoms with Gasteiger partial charge in [0.05, 0.1) is 4.87 Å². The van der Waals surface area contributed by atoms with Crippen molar-refractivity contribution in [1.29, 1.82) is 0 Å². The first-order valence-electron chi connectivity index (χ1n) is 6.63. The minimum absolute atomic E-state index is 0.0342. The number of amides is 1. The van der Waals surface area contributed by atoms with Crippen LogP contribution >= 0.6 is 11.8 Å². The van der Waals surface area contributed by atoms with Crippen LogP contribution in [0.3, 0.4) is 0 Å². The Bertz CT molecular complexity index is 471. The molecule has 0 unspecified atom stereocenters. The van der Waals surface area contributed by atoms with Crippen LogP contribution in [0.15, 0.2) is 24.3 Å². The summed E-state index contributed by atoms with van der Waals surface area (Å²) in [4.78, 5) is 14.5. The maximum absolute atomic E-state index is 12.9. The molecule has 1 aromatic rings. The molecule has 1 aromatic carbocycles. The van der Waals surface area contributed by atoms with E-state index < -0.39 is 0 Å². The van der Waals surface area contributed by atoms with Crippen molar-refractivity contribution in [2.45, 2.75) is 17.7 Å². The third-order valence-electron chi connectivity index (χ3n) is 3.90. The van der Waals surface area contributed by atoms with Gasteiger partial charge in [0.25, 0.3) is 5.91 Å². The molecular weight excluding hydrogens is 263 g/mol. The molecule has 1 spiro atoms. The fourth-order valence-corrected chi connectivity index (χ4v) is 4.35. The zero-order valence-electron chi connectivity index (χ0n) is 10.7. The minimum Gasteiger partial charge on any atom is -0.323 e. The molecule has 0 radical (unpaired) electrons. The molecule has 2 aliphatic heterocycles. The van der Waals surface area contributed by atoms with Crippen LogP contribution in [0.4, 0.5) is 4.39 Å². The maximum Gasteiger partial charge on any atom is 0.254 e. The third-order valence-corrected chi connectivity index (χ3v) is 5.45. The van der Waals surface area contributed by atoms with Gasteiger partial charge in [0.1, 0.15) is 5.82 Å². The van der Waals surface area contributed by atoms with Crippen LogP contribution in [0.25, 0.3) is 0 Å². The highest BCUT2D eigenvalue weighted by molar-refractivity contribution is 8.00. The number of piperidine rings is 1. The van der Waals surface area contributed by atoms with Gasteiger partial charge in [-0.2, -0.15) is 0 Å². The number of benzene rings is 1. The third kappa shape index (κ3) is 2.37. The lowest BCUT2D eigenvalue weighted by Gasteiger charge is -2.40. The number of hydrogen-bond acceptors (Lipinski definition) is 3. The van der Waals surface area contributed by atoms with Crippen LogP contribution in [-0.4, -0.2) is 41.1 Å². The Morgan fingerprint density at radius 2 is 1.95 bits per heavy atom. The molecule has 2 heterocycles. The Balaban J connectivity index is 1.84. The first-order chi connectivity index (χ1) is 9.21. The van der Waals surface area contributed by atoms with Gasteiger partial charge in [-0.1, -0.05) is 0 Å². The normalized spacial score (nSPS) is 21.8. The molecule has 2 fully saturated rings. The van der Waals surface area contributed by atoms with Crippen molar-refractivity contribution in [1.82, 2.24) is 10.2 Å². The number of nitrogens with zero attached hydrogens (tertiary/aromatic N) is 1. The summed E-state index contributed by atoms with van der Waals surface area (Å²) < 4.78 is 12.9. The molecule has 3 nitrogen and oxygen atoms in total. The van der Waals surface area contributed by atoms with Crippen molar-refractivity contribution >= 4 is 17.7 Å². The van der Waals surface area contributed by atoms with Gasteiger partial charge in [0.2, 0.25) is 0 Å². The number of hydrogen-bond donors (Lipinski definition) is 1. The van der Waals surface area contributed by atoms with Crippen LogP contribution in [0.2, 0.25) is 0 Å². The number of thioether (sulfide) groups is 1. The van der Waals surface area contributed by atoms with E-state index >= 15 is 0 Å². The molecule has 102 valence electrons. The summed E-state index contributed by atoms with van der Waals surface area (Å²) in [6.45, 7) is 2.71. The van der Waals surface area contributed by atoms with E-state index in [9.17, 15) is 9.18 Å². The van der Waals surface area contributed by atoms with E-state index in [1.54, 1.807) is 12.1 Å². The minimum atomic E-state index is -0.302. The molecule has 3 rings (SSSR count). The average molecular weight is 280 g/mol. The van der Waals surface area contributed by atoms with E-state index in [0.29, 0.717) is 5.56 Å². The smallest absolute Gasteiger partial charge is 0.254 e. The van der Waals surface area contributed by atoms with Gasteiger partial charge < -0.3 is 10.2 Å². The molecule has 19 heavy (non-hydrogen) atoms. The standard InChI is InChI=1S/C14H17FN2OS/c15-12-3-1-11(2-4-12)13(18)17-9-10-19-14(17)5-7-16-8-6-14/h1-4,16H,5-10H2. The fourth-order valence-electron chi connectivity index (χ4n) is 2.88. The summed E-state index contributed by atoms with van der Waals surface area (Å²) in [5.41, 5.74) is 0.585. The summed E-state index contributed by atoms with van der Waals surface area (Å²) in [7, 11) is 0. The first-order valence-corrected chi connectivity index (χ1v) is 7.62. The Hall–Kier alpha value is -1.07. The zero-order chi connectivity index (χ0) is 13.3. The van der Waals surface area contributed by atoms with Crippen molar-refractivity contribution in [2.24, 2.45) is 0 Å². The molecule has 1 amide bonds. The first kappa shape index (κ1) is 12.9. The number of nitrogens with one attached hydrogen (secondary N) is 1. The summed E-state index contributed by atoms with van der Waals surface area (Å²) in [5, 5.41) is 3.34. The monoisotopic (exact) mass is 280 g/mol. The number of carbonyl (C=O) groups is 1. The van der Waals surface area contributed by atoms with Crippen LogP contribution < -0.4 is 5.32 Å². The second-order valence-corrected chi connectivity index (χ2v) is 6.47. The van der Waals surface area contributed by atoms with Gasteiger partial charge in [-0.05, 0) is 50.2 Å². The topological polar surface area (TPSA) is 32.3 Å². The van der Waals surface area contributed by atoms with Crippen molar-refractivity contribution in [3.8, 4) is 0 Å². The molecular formula is C14H17FN2OS. The van der Waals surface area contributed by atoms with Crippen LogP contribution in [0, 0.1) is 5.82 Å². The predicted molar refractivity (Wildman–Crippen MR) is 74.7 cm³/mol. The maximum atomic E-state index is 12.9. The Labute approximate surface area is 116 Å². The highest BCUT2D eigenvalue weighted by Crippen LogP contribution is 2.43. The number of halogens is 1. The lowest BCUT2D eigenvalue weighted by Crippen LogP contribution is -2.51. The van der Waals surface area contributed by atoms with Gasteiger partial charge in [0, 0.05) is 17.9 Å². The quantitative estimate of drug-likeness (QED) is 0.855. The number of rotatable bonds is 1. The van der Waals surface area contributed by atoms with E-state index in [4.69, 9.17) is 0 Å². The fraction of sp³-hybridized carbons (Fsp3) is 0.500. The van der Waals surface area contributed by atoms with E-state index in [1.807, 2.05) is 16.7 Å². The van der Waals surface area contributed by atoms with E-state index in [1.165, 1.54) is 12.1 Å².